The quantitative estimate of drug-likeness (QED) is 0.589. The van der Waals surface area contributed by atoms with E-state index in [4.69, 9.17) is 11.6 Å². The summed E-state index contributed by atoms with van der Waals surface area (Å²) < 4.78 is 26.6. The van der Waals surface area contributed by atoms with Crippen molar-refractivity contribution in [3.8, 4) is 0 Å². The van der Waals surface area contributed by atoms with E-state index in [2.05, 4.69) is 29.6 Å². The van der Waals surface area contributed by atoms with Crippen LogP contribution in [0.4, 0.5) is 5.69 Å². The van der Waals surface area contributed by atoms with Crippen LogP contribution < -0.4 is 10.2 Å². The first-order valence-corrected chi connectivity index (χ1v) is 11.7. The number of hydrogen-bond acceptors (Lipinski definition) is 4. The van der Waals surface area contributed by atoms with Crippen LogP contribution in [0.5, 0.6) is 0 Å². The molecule has 0 aliphatic heterocycles. The molecule has 30 heavy (non-hydrogen) atoms. The van der Waals surface area contributed by atoms with Crippen molar-refractivity contribution in [2.75, 3.05) is 32.6 Å². The van der Waals surface area contributed by atoms with E-state index in [-0.39, 0.29) is 27.4 Å². The van der Waals surface area contributed by atoms with E-state index in [1.807, 2.05) is 19.0 Å². The second-order valence-electron chi connectivity index (χ2n) is 7.68. The molecule has 2 rings (SSSR count). The molecule has 0 aliphatic rings. The average Bonchev–Trinajstić information content (AvgIpc) is 2.70. The zero-order valence-electron chi connectivity index (χ0n) is 18.1. The molecule has 0 atom stereocenters. The Kier molecular flexibility index (Phi) is 8.29. The highest BCUT2D eigenvalue weighted by atomic mass is 35.5. The van der Waals surface area contributed by atoms with Crippen LogP contribution >= 0.6 is 11.6 Å². The minimum absolute atomic E-state index is 0.0502. The fraction of sp³-hybridized carbons (Fsp3) is 0.409. The summed E-state index contributed by atoms with van der Waals surface area (Å²) in [6.45, 7) is 4.04. The molecule has 6 nitrogen and oxygen atoms in total. The summed E-state index contributed by atoms with van der Waals surface area (Å²) in [5.41, 5.74) is 2.49. The van der Waals surface area contributed by atoms with Crippen molar-refractivity contribution in [1.82, 2.24) is 9.62 Å². The number of nitrogens with zero attached hydrogens (tertiary/aromatic N) is 2. The normalized spacial score (nSPS) is 11.7. The molecule has 2 aromatic carbocycles. The maximum absolute atomic E-state index is 12.7. The zero-order chi connectivity index (χ0) is 22.5. The SMILES string of the molecule is CC(C)N(C)S(=O)(=O)c1ccc(Cl)c(C(=O)NCCCc2ccc(N(C)C)cc2)c1. The molecule has 0 aliphatic carbocycles. The van der Waals surface area contributed by atoms with Gasteiger partial charge >= 0.3 is 0 Å². The van der Waals surface area contributed by atoms with E-state index in [0.29, 0.717) is 6.54 Å². The van der Waals surface area contributed by atoms with E-state index in [0.717, 1.165) is 18.5 Å². The Morgan fingerprint density at radius 2 is 1.70 bits per heavy atom. The number of nitrogens with one attached hydrogen (secondary N) is 1. The third-order valence-electron chi connectivity index (χ3n) is 4.97. The van der Waals surface area contributed by atoms with Gasteiger partial charge in [0.1, 0.15) is 0 Å². The first-order valence-electron chi connectivity index (χ1n) is 9.86. The topological polar surface area (TPSA) is 69.7 Å². The Morgan fingerprint density at radius 3 is 2.27 bits per heavy atom. The van der Waals surface area contributed by atoms with E-state index < -0.39 is 10.0 Å². The van der Waals surface area contributed by atoms with Gasteiger partial charge in [-0.3, -0.25) is 4.79 Å². The van der Waals surface area contributed by atoms with Crippen LogP contribution in [0.2, 0.25) is 5.02 Å². The first kappa shape index (κ1) is 24.2. The average molecular weight is 452 g/mol. The van der Waals surface area contributed by atoms with Gasteiger partial charge in [-0.25, -0.2) is 8.42 Å². The Labute approximate surface area is 184 Å². The van der Waals surface area contributed by atoms with Crippen LogP contribution in [0.15, 0.2) is 47.4 Å². The molecular formula is C22H30ClN3O3S. The third kappa shape index (κ3) is 5.97. The highest BCUT2D eigenvalue weighted by molar-refractivity contribution is 7.89. The van der Waals surface area contributed by atoms with Crippen LogP contribution in [0.25, 0.3) is 0 Å². The molecule has 8 heteroatoms. The Bertz CT molecular complexity index is 974. The highest BCUT2D eigenvalue weighted by Gasteiger charge is 2.25. The minimum Gasteiger partial charge on any atom is -0.378 e. The fourth-order valence-corrected chi connectivity index (χ4v) is 4.43. The van der Waals surface area contributed by atoms with Gasteiger partial charge in [0, 0.05) is 39.4 Å². The molecule has 0 heterocycles. The van der Waals surface area contributed by atoms with Crippen molar-refractivity contribution in [2.45, 2.75) is 37.6 Å². The predicted octanol–water partition coefficient (Wildman–Crippen LogP) is 3.80. The third-order valence-corrected chi connectivity index (χ3v) is 7.33. The van der Waals surface area contributed by atoms with Crippen molar-refractivity contribution in [1.29, 1.82) is 0 Å². The number of aryl methyl sites for hydroxylation is 1. The standard InChI is InChI=1S/C22H30ClN3O3S/c1-16(2)26(5)30(28,29)19-12-13-21(23)20(15-19)22(27)24-14-6-7-17-8-10-18(11-9-17)25(3)4/h8-13,15-16H,6-7,14H2,1-5H3,(H,24,27). The van der Waals surface area contributed by atoms with E-state index in [1.165, 1.54) is 35.1 Å². The number of carbonyl (C=O) groups excluding carboxylic acids is 1. The molecule has 0 spiro atoms. The summed E-state index contributed by atoms with van der Waals surface area (Å²) in [5, 5.41) is 3.05. The van der Waals surface area contributed by atoms with Gasteiger partial charge in [0.05, 0.1) is 15.5 Å². The second kappa shape index (κ2) is 10.3. The number of benzene rings is 2. The van der Waals surface area contributed by atoms with Crippen LogP contribution in [0.3, 0.4) is 0 Å². The van der Waals surface area contributed by atoms with Crippen LogP contribution in [0, 0.1) is 0 Å². The molecule has 1 amide bonds. The minimum atomic E-state index is -3.69. The molecule has 2 aromatic rings. The molecule has 1 N–H and O–H groups in total. The van der Waals surface area contributed by atoms with Gasteiger partial charge in [-0.05, 0) is 62.6 Å². The first-order chi connectivity index (χ1) is 14.0. The number of hydrogen-bond donors (Lipinski definition) is 1. The number of carbonyl (C=O) groups is 1. The number of rotatable bonds is 9. The van der Waals surface area contributed by atoms with Crippen LogP contribution in [-0.2, 0) is 16.4 Å². The van der Waals surface area contributed by atoms with E-state index in [1.54, 1.807) is 13.8 Å². The smallest absolute Gasteiger partial charge is 0.252 e. The fourth-order valence-electron chi connectivity index (χ4n) is 2.83. The molecule has 0 unspecified atom stereocenters. The molecule has 0 aromatic heterocycles. The number of amides is 1. The summed E-state index contributed by atoms with van der Waals surface area (Å²) in [4.78, 5) is 14.7. The molecule has 164 valence electrons. The molecule has 0 saturated carbocycles. The van der Waals surface area contributed by atoms with Gasteiger partial charge < -0.3 is 10.2 Å². The monoisotopic (exact) mass is 451 g/mol. The summed E-state index contributed by atoms with van der Waals surface area (Å²) in [6, 6.07) is 12.3. The maximum atomic E-state index is 12.7. The maximum Gasteiger partial charge on any atom is 0.252 e. The molecular weight excluding hydrogens is 422 g/mol. The lowest BCUT2D eigenvalue weighted by molar-refractivity contribution is 0.0953. The lowest BCUT2D eigenvalue weighted by Crippen LogP contribution is -2.33. The summed E-state index contributed by atoms with van der Waals surface area (Å²) in [7, 11) is 1.82. The van der Waals surface area contributed by atoms with E-state index >= 15 is 0 Å². The lowest BCUT2D eigenvalue weighted by Gasteiger charge is -2.21. The summed E-state index contributed by atoms with van der Waals surface area (Å²) >= 11 is 6.16. The van der Waals surface area contributed by atoms with Crippen molar-refractivity contribution >= 4 is 33.2 Å². The number of anilines is 1. The van der Waals surface area contributed by atoms with Crippen molar-refractivity contribution in [2.24, 2.45) is 0 Å². The highest BCUT2D eigenvalue weighted by Crippen LogP contribution is 2.23. The molecule has 0 saturated heterocycles. The molecule has 0 radical (unpaired) electrons. The zero-order valence-corrected chi connectivity index (χ0v) is 19.7. The summed E-state index contributed by atoms with van der Waals surface area (Å²) in [5.74, 6) is -0.382. The Hall–Kier alpha value is -2.09. The van der Waals surface area contributed by atoms with Gasteiger partial charge in [0.15, 0.2) is 0 Å². The van der Waals surface area contributed by atoms with Gasteiger partial charge in [-0.1, -0.05) is 23.7 Å². The van der Waals surface area contributed by atoms with Crippen LogP contribution in [-0.4, -0.2) is 52.4 Å². The lowest BCUT2D eigenvalue weighted by atomic mass is 10.1. The molecule has 0 fully saturated rings. The van der Waals surface area contributed by atoms with Crippen molar-refractivity contribution < 1.29 is 13.2 Å². The van der Waals surface area contributed by atoms with Gasteiger partial charge in [0.2, 0.25) is 10.0 Å². The largest absolute Gasteiger partial charge is 0.378 e. The van der Waals surface area contributed by atoms with Crippen molar-refractivity contribution in [3.05, 3.63) is 58.6 Å². The second-order valence-corrected chi connectivity index (χ2v) is 10.1. The predicted molar refractivity (Wildman–Crippen MR) is 123 cm³/mol. The van der Waals surface area contributed by atoms with Gasteiger partial charge in [-0.15, -0.1) is 0 Å². The van der Waals surface area contributed by atoms with Crippen LogP contribution in [0.1, 0.15) is 36.2 Å². The number of halogens is 1. The Balaban J connectivity index is 2.00. The Morgan fingerprint density at radius 1 is 1.07 bits per heavy atom. The van der Waals surface area contributed by atoms with Gasteiger partial charge in [-0.2, -0.15) is 4.31 Å². The van der Waals surface area contributed by atoms with Crippen molar-refractivity contribution in [3.63, 3.8) is 0 Å². The van der Waals surface area contributed by atoms with Gasteiger partial charge in [0.25, 0.3) is 5.91 Å². The summed E-state index contributed by atoms with van der Waals surface area (Å²) in [6.07, 6.45) is 1.59. The van der Waals surface area contributed by atoms with E-state index in [9.17, 15) is 13.2 Å². The molecule has 0 bridgehead atoms. The number of sulfonamides is 1.